The van der Waals surface area contributed by atoms with Gasteiger partial charge in [0.05, 0.1) is 30.1 Å². The number of methoxy groups -OCH3 is 2. The number of aliphatic hydroxyl groups is 2. The molecule has 8 nitrogen and oxygen atoms in total. The fraction of sp³-hybridized carbons (Fsp3) is 0.760. The Balaban J connectivity index is 0.000000356. The van der Waals surface area contributed by atoms with E-state index in [0.29, 0.717) is 13.1 Å². The Morgan fingerprint density at radius 1 is 0.947 bits per heavy atom. The minimum atomic E-state index is -2.58. The van der Waals surface area contributed by atoms with Gasteiger partial charge in [-0.25, -0.2) is 17.6 Å². The van der Waals surface area contributed by atoms with Gasteiger partial charge in [0.25, 0.3) is 0 Å². The van der Waals surface area contributed by atoms with Crippen LogP contribution in [-0.2, 0) is 25.5 Å². The summed E-state index contributed by atoms with van der Waals surface area (Å²) in [4.78, 5) is 1.99. The SMILES string of the molecule is CO[C@@]1(C)O[C@@H]2[C@@H](C(F)F)CN(Cc3ccccc3)C[C@H]2O[C@]1(C)OC.Cl.O[C@H]1[C@H](O)CNC[C@@H]1C(F)F. The van der Waals surface area contributed by atoms with E-state index in [4.69, 9.17) is 29.2 Å². The van der Waals surface area contributed by atoms with E-state index < -0.39 is 60.7 Å². The summed E-state index contributed by atoms with van der Waals surface area (Å²) in [6, 6.07) is 9.80. The number of nitrogens with zero attached hydrogens (tertiary/aromatic N) is 1. The number of ether oxygens (including phenoxy) is 4. The highest BCUT2D eigenvalue weighted by Gasteiger charge is 2.60. The maximum Gasteiger partial charge on any atom is 0.245 e. The molecule has 3 saturated heterocycles. The van der Waals surface area contributed by atoms with Gasteiger partial charge in [0, 0.05) is 46.9 Å². The van der Waals surface area contributed by atoms with Crippen LogP contribution in [0.5, 0.6) is 0 Å². The first-order valence-electron chi connectivity index (χ1n) is 12.3. The van der Waals surface area contributed by atoms with Crippen LogP contribution in [0.4, 0.5) is 17.6 Å². The van der Waals surface area contributed by atoms with Gasteiger partial charge in [-0.3, -0.25) is 4.90 Å². The lowest BCUT2D eigenvalue weighted by molar-refractivity contribution is -0.459. The van der Waals surface area contributed by atoms with E-state index in [1.54, 1.807) is 13.8 Å². The molecular weight excluding hydrogens is 536 g/mol. The Labute approximate surface area is 227 Å². The number of fused-ring (bicyclic) bond motifs is 1. The molecule has 0 unspecified atom stereocenters. The Morgan fingerprint density at radius 2 is 1.53 bits per heavy atom. The van der Waals surface area contributed by atoms with Crippen LogP contribution in [0.2, 0.25) is 0 Å². The van der Waals surface area contributed by atoms with Crippen molar-refractivity contribution in [3.05, 3.63) is 35.9 Å². The van der Waals surface area contributed by atoms with Crippen molar-refractivity contribution in [1.82, 2.24) is 10.2 Å². The summed E-state index contributed by atoms with van der Waals surface area (Å²) in [5.41, 5.74) is 1.08. The van der Waals surface area contributed by atoms with Crippen molar-refractivity contribution >= 4 is 12.4 Å². The summed E-state index contributed by atoms with van der Waals surface area (Å²) < 4.78 is 74.8. The fourth-order valence-corrected chi connectivity index (χ4v) is 4.96. The summed E-state index contributed by atoms with van der Waals surface area (Å²) >= 11 is 0. The predicted octanol–water partition coefficient (Wildman–Crippen LogP) is 2.51. The minimum Gasteiger partial charge on any atom is -0.390 e. The number of β-amino-alcohol motifs (C(OH)–C–C–N with tert-alkyl or cyclic N) is 1. The molecular formula is C25H39ClF4N2O6. The van der Waals surface area contributed by atoms with Crippen LogP contribution >= 0.6 is 12.4 Å². The summed E-state index contributed by atoms with van der Waals surface area (Å²) in [5, 5.41) is 20.6. The van der Waals surface area contributed by atoms with E-state index in [-0.39, 0.29) is 32.0 Å². The maximum absolute atomic E-state index is 13.8. The Hall–Kier alpha value is -1.09. The number of likely N-dealkylation sites (tertiary alicyclic amines) is 1. The van der Waals surface area contributed by atoms with Gasteiger partial charge < -0.3 is 34.5 Å². The molecule has 3 fully saturated rings. The van der Waals surface area contributed by atoms with Crippen molar-refractivity contribution in [1.29, 1.82) is 0 Å². The van der Waals surface area contributed by atoms with Crippen molar-refractivity contribution in [2.75, 3.05) is 40.4 Å². The number of aliphatic hydroxyl groups excluding tert-OH is 2. The molecule has 0 amide bonds. The number of hydrogen-bond acceptors (Lipinski definition) is 8. The lowest BCUT2D eigenvalue weighted by Crippen LogP contribution is -2.70. The van der Waals surface area contributed by atoms with Crippen LogP contribution in [0.3, 0.4) is 0 Å². The topological polar surface area (TPSA) is 92.7 Å². The fourth-order valence-electron chi connectivity index (χ4n) is 4.96. The molecule has 1 aromatic rings. The lowest BCUT2D eigenvalue weighted by Gasteiger charge is -2.56. The molecule has 4 rings (SSSR count). The molecule has 220 valence electrons. The molecule has 3 aliphatic heterocycles. The van der Waals surface area contributed by atoms with Gasteiger partial charge >= 0.3 is 0 Å². The molecule has 3 aliphatic rings. The third-order valence-corrected chi connectivity index (χ3v) is 7.50. The van der Waals surface area contributed by atoms with Crippen LogP contribution in [-0.4, -0.2) is 104 Å². The summed E-state index contributed by atoms with van der Waals surface area (Å²) in [7, 11) is 2.96. The molecule has 3 heterocycles. The van der Waals surface area contributed by atoms with Crippen molar-refractivity contribution in [3.63, 3.8) is 0 Å². The first-order valence-corrected chi connectivity index (χ1v) is 12.3. The van der Waals surface area contributed by atoms with Gasteiger partial charge in [0.15, 0.2) is 0 Å². The van der Waals surface area contributed by atoms with Gasteiger partial charge in [-0.05, 0) is 19.4 Å². The molecule has 38 heavy (non-hydrogen) atoms. The van der Waals surface area contributed by atoms with Crippen LogP contribution in [0.1, 0.15) is 19.4 Å². The number of rotatable bonds is 6. The van der Waals surface area contributed by atoms with Gasteiger partial charge in [-0.15, -0.1) is 12.4 Å². The standard InChI is InChI=1S/C19H27F2NO4.C6H11F2NO2.ClH/c1-18(23-3)19(2,24-4)26-16-14(17(20)21)11-22(12-15(16)25-18)10-13-8-6-5-7-9-13;7-6(8)3-1-9-2-4(10)5(3)11;/h5-9,14-17H,10-12H2,1-4H3;3-6,9-11H,1-2H2;1H/t14-,15+,16+,18-,19-;3-,4+,5+;/m00./s1. The van der Waals surface area contributed by atoms with Gasteiger partial charge in [0.1, 0.15) is 6.10 Å². The Bertz CT molecular complexity index is 849. The smallest absolute Gasteiger partial charge is 0.245 e. The molecule has 0 bridgehead atoms. The summed E-state index contributed by atoms with van der Waals surface area (Å²) in [6.07, 6.45) is -8.74. The summed E-state index contributed by atoms with van der Waals surface area (Å²) in [5.74, 6) is -4.56. The van der Waals surface area contributed by atoms with Crippen molar-refractivity contribution < 1.29 is 46.7 Å². The number of halogens is 5. The first-order chi connectivity index (χ1) is 17.4. The second-order valence-electron chi connectivity index (χ2n) is 9.93. The highest BCUT2D eigenvalue weighted by atomic mass is 35.5. The molecule has 8 atom stereocenters. The zero-order valence-corrected chi connectivity index (χ0v) is 22.8. The molecule has 13 heteroatoms. The average Bonchev–Trinajstić information content (AvgIpc) is 2.87. The van der Waals surface area contributed by atoms with Gasteiger partial charge in [-0.1, -0.05) is 30.3 Å². The van der Waals surface area contributed by atoms with Crippen LogP contribution in [0.15, 0.2) is 30.3 Å². The molecule has 3 N–H and O–H groups in total. The Morgan fingerprint density at radius 3 is 2.05 bits per heavy atom. The van der Waals surface area contributed by atoms with Crippen molar-refractivity contribution in [2.45, 2.75) is 69.2 Å². The maximum atomic E-state index is 13.8. The average molecular weight is 575 g/mol. The van der Waals surface area contributed by atoms with Gasteiger partial charge in [0.2, 0.25) is 24.4 Å². The zero-order chi connectivity index (χ0) is 27.4. The second kappa shape index (κ2) is 14.0. The zero-order valence-electron chi connectivity index (χ0n) is 21.9. The number of hydrogen-bond donors (Lipinski definition) is 3. The van der Waals surface area contributed by atoms with E-state index in [9.17, 15) is 17.6 Å². The van der Waals surface area contributed by atoms with E-state index in [1.807, 2.05) is 35.2 Å². The van der Waals surface area contributed by atoms with Crippen LogP contribution in [0.25, 0.3) is 0 Å². The van der Waals surface area contributed by atoms with Crippen molar-refractivity contribution in [2.24, 2.45) is 11.8 Å². The quantitative estimate of drug-likeness (QED) is 0.447. The monoisotopic (exact) mass is 574 g/mol. The third-order valence-electron chi connectivity index (χ3n) is 7.50. The molecule has 0 spiro atoms. The van der Waals surface area contributed by atoms with E-state index in [1.165, 1.54) is 14.2 Å². The van der Waals surface area contributed by atoms with E-state index in [2.05, 4.69) is 5.32 Å². The van der Waals surface area contributed by atoms with E-state index in [0.717, 1.165) is 5.56 Å². The van der Waals surface area contributed by atoms with Crippen LogP contribution in [0, 0.1) is 11.8 Å². The second-order valence-corrected chi connectivity index (χ2v) is 9.93. The predicted molar refractivity (Wildman–Crippen MR) is 133 cm³/mol. The highest BCUT2D eigenvalue weighted by Crippen LogP contribution is 2.44. The van der Waals surface area contributed by atoms with Crippen molar-refractivity contribution in [3.8, 4) is 0 Å². The number of alkyl halides is 4. The number of nitrogens with one attached hydrogen (secondary N) is 1. The molecule has 0 radical (unpaired) electrons. The first kappa shape index (κ1) is 33.1. The number of piperidine rings is 2. The van der Waals surface area contributed by atoms with E-state index >= 15 is 0 Å². The lowest BCUT2D eigenvalue weighted by atomic mass is 9.89. The molecule has 0 saturated carbocycles. The normalized spacial score (nSPS) is 37.7. The highest BCUT2D eigenvalue weighted by molar-refractivity contribution is 5.85. The molecule has 0 aliphatic carbocycles. The van der Waals surface area contributed by atoms with Crippen LogP contribution < -0.4 is 5.32 Å². The third kappa shape index (κ3) is 7.35. The van der Waals surface area contributed by atoms with Gasteiger partial charge in [-0.2, -0.15) is 0 Å². The largest absolute Gasteiger partial charge is 0.390 e. The molecule has 1 aromatic carbocycles. The minimum absolute atomic E-state index is 0. The molecule has 0 aromatic heterocycles. The summed E-state index contributed by atoms with van der Waals surface area (Å²) in [6.45, 7) is 4.93. The number of benzene rings is 1. The Kier molecular flexibility index (Phi) is 12.2.